The molecule has 3 aromatic rings. The fourth-order valence-corrected chi connectivity index (χ4v) is 4.24. The fourth-order valence-electron chi connectivity index (χ4n) is 4.12. The van der Waals surface area contributed by atoms with Crippen molar-refractivity contribution in [2.24, 2.45) is 5.92 Å². The molecule has 0 saturated carbocycles. The van der Waals surface area contributed by atoms with E-state index in [1.165, 1.54) is 17.2 Å². The molecule has 29 heavy (non-hydrogen) atoms. The Morgan fingerprint density at radius 1 is 1.10 bits per heavy atom. The van der Waals surface area contributed by atoms with Gasteiger partial charge in [0.25, 0.3) is 0 Å². The summed E-state index contributed by atoms with van der Waals surface area (Å²) in [5.41, 5.74) is 4.18. The second kappa shape index (κ2) is 8.03. The van der Waals surface area contributed by atoms with Gasteiger partial charge in [-0.2, -0.15) is 0 Å². The van der Waals surface area contributed by atoms with Gasteiger partial charge in [0.05, 0.1) is 5.92 Å². The van der Waals surface area contributed by atoms with Gasteiger partial charge in [0.1, 0.15) is 12.2 Å². The first-order valence-electron chi connectivity index (χ1n) is 9.93. The number of rotatable bonds is 5. The maximum absolute atomic E-state index is 12.9. The smallest absolute Gasteiger partial charge is 0.336 e. The molecule has 0 fully saturated rings. The van der Waals surface area contributed by atoms with Crippen LogP contribution in [-0.4, -0.2) is 5.97 Å². The third kappa shape index (κ3) is 4.08. The van der Waals surface area contributed by atoms with Crippen LogP contribution in [-0.2, 0) is 29.0 Å². The number of benzene rings is 2. The molecular formula is C24H23ClO4. The number of hydrogen-bond donors (Lipinski definition) is 0. The van der Waals surface area contributed by atoms with Crippen LogP contribution < -0.4 is 5.63 Å². The Morgan fingerprint density at radius 3 is 2.48 bits per heavy atom. The minimum atomic E-state index is -0.431. The van der Waals surface area contributed by atoms with Crippen molar-refractivity contribution in [3.63, 3.8) is 0 Å². The molecule has 1 heterocycles. The normalized spacial score (nSPS) is 14.2. The van der Waals surface area contributed by atoms with Gasteiger partial charge in [0.2, 0.25) is 0 Å². The van der Waals surface area contributed by atoms with Gasteiger partial charge in [0.15, 0.2) is 0 Å². The predicted molar refractivity (Wildman–Crippen MR) is 113 cm³/mol. The minimum Gasteiger partial charge on any atom is -0.460 e. The van der Waals surface area contributed by atoms with E-state index in [1.807, 2.05) is 32.0 Å². The number of carbonyl (C=O) groups excluding carboxylic acids is 1. The lowest BCUT2D eigenvalue weighted by atomic mass is 9.88. The average molecular weight is 411 g/mol. The lowest BCUT2D eigenvalue weighted by Gasteiger charge is -2.20. The number of aryl methyl sites for hydroxylation is 2. The van der Waals surface area contributed by atoms with Crippen molar-refractivity contribution < 1.29 is 13.9 Å². The molecule has 4 nitrogen and oxygen atoms in total. The zero-order valence-electron chi connectivity index (χ0n) is 16.5. The van der Waals surface area contributed by atoms with Crippen LogP contribution in [0, 0.1) is 5.92 Å². The molecule has 1 atom stereocenters. The molecule has 0 bridgehead atoms. The molecular weight excluding hydrogens is 388 g/mol. The molecule has 0 aliphatic heterocycles. The summed E-state index contributed by atoms with van der Waals surface area (Å²) >= 11 is 5.97. The SMILES string of the molecule is CC(C)[C@H](C(=O)OCc1cc(=O)oc2cc3c(cc12)CCC3)c1ccc(Cl)cc1. The van der Waals surface area contributed by atoms with Gasteiger partial charge < -0.3 is 9.15 Å². The van der Waals surface area contributed by atoms with Crippen molar-refractivity contribution in [1.29, 1.82) is 0 Å². The maximum atomic E-state index is 12.9. The van der Waals surface area contributed by atoms with Crippen LogP contribution in [0.4, 0.5) is 0 Å². The van der Waals surface area contributed by atoms with Crippen LogP contribution in [0.25, 0.3) is 11.0 Å². The van der Waals surface area contributed by atoms with Crippen LogP contribution in [0.3, 0.4) is 0 Å². The largest absolute Gasteiger partial charge is 0.460 e. The van der Waals surface area contributed by atoms with E-state index in [9.17, 15) is 9.59 Å². The Hall–Kier alpha value is -2.59. The molecule has 0 spiro atoms. The molecule has 0 radical (unpaired) electrons. The Bertz CT molecular complexity index is 1110. The molecule has 1 aliphatic carbocycles. The van der Waals surface area contributed by atoms with Crippen LogP contribution in [0.5, 0.6) is 0 Å². The molecule has 0 N–H and O–H groups in total. The highest BCUT2D eigenvalue weighted by atomic mass is 35.5. The van der Waals surface area contributed by atoms with Gasteiger partial charge in [-0.05, 0) is 66.1 Å². The number of fused-ring (bicyclic) bond motifs is 2. The summed E-state index contributed by atoms with van der Waals surface area (Å²) in [6.07, 6.45) is 3.14. The number of ether oxygens (including phenoxy) is 1. The van der Waals surface area contributed by atoms with Gasteiger partial charge in [-0.3, -0.25) is 4.79 Å². The Morgan fingerprint density at radius 2 is 1.79 bits per heavy atom. The number of esters is 1. The Kier molecular flexibility index (Phi) is 5.46. The fraction of sp³-hybridized carbons (Fsp3) is 0.333. The highest BCUT2D eigenvalue weighted by Gasteiger charge is 2.26. The van der Waals surface area contributed by atoms with E-state index in [1.54, 1.807) is 12.1 Å². The average Bonchev–Trinajstić information content (AvgIpc) is 3.13. The zero-order valence-corrected chi connectivity index (χ0v) is 17.3. The first-order chi connectivity index (χ1) is 13.9. The Balaban J connectivity index is 1.60. The van der Waals surface area contributed by atoms with Gasteiger partial charge >= 0.3 is 11.6 Å². The van der Waals surface area contributed by atoms with Crippen molar-refractivity contribution in [2.75, 3.05) is 0 Å². The quantitative estimate of drug-likeness (QED) is 0.416. The van der Waals surface area contributed by atoms with Crippen LogP contribution >= 0.6 is 11.6 Å². The zero-order chi connectivity index (χ0) is 20.5. The Labute approximate surface area is 174 Å². The van der Waals surface area contributed by atoms with Crippen molar-refractivity contribution in [1.82, 2.24) is 0 Å². The second-order valence-corrected chi connectivity index (χ2v) is 8.38. The lowest BCUT2D eigenvalue weighted by molar-refractivity contribution is -0.147. The molecule has 2 aromatic carbocycles. The standard InChI is InChI=1S/C24H23ClO4/c1-14(2)23(15-6-8-19(25)9-7-15)24(27)28-13-18-12-22(26)29-21-11-17-5-3-4-16(17)10-20(18)21/h6-12,14,23H,3-5,13H2,1-2H3/t23-/m0/s1. The highest BCUT2D eigenvalue weighted by molar-refractivity contribution is 6.30. The van der Waals surface area contributed by atoms with E-state index in [0.717, 1.165) is 30.2 Å². The van der Waals surface area contributed by atoms with E-state index < -0.39 is 11.5 Å². The molecule has 5 heteroatoms. The molecule has 150 valence electrons. The summed E-state index contributed by atoms with van der Waals surface area (Å²) in [5, 5.41) is 1.46. The number of hydrogen-bond acceptors (Lipinski definition) is 4. The second-order valence-electron chi connectivity index (χ2n) is 7.94. The van der Waals surface area contributed by atoms with E-state index in [2.05, 4.69) is 6.07 Å². The van der Waals surface area contributed by atoms with Crippen LogP contribution in [0.15, 0.2) is 51.7 Å². The van der Waals surface area contributed by atoms with Crippen molar-refractivity contribution in [3.05, 3.63) is 80.2 Å². The summed E-state index contributed by atoms with van der Waals surface area (Å²) in [7, 11) is 0. The molecule has 1 aliphatic rings. The monoisotopic (exact) mass is 410 g/mol. The van der Waals surface area contributed by atoms with E-state index >= 15 is 0 Å². The lowest BCUT2D eigenvalue weighted by Crippen LogP contribution is -2.21. The van der Waals surface area contributed by atoms with Gasteiger partial charge in [-0.15, -0.1) is 0 Å². The first-order valence-corrected chi connectivity index (χ1v) is 10.3. The number of carbonyl (C=O) groups is 1. The first kappa shape index (κ1) is 19.7. The van der Waals surface area contributed by atoms with Crippen LogP contribution in [0.1, 0.15) is 48.4 Å². The maximum Gasteiger partial charge on any atom is 0.336 e. The molecule has 0 unspecified atom stereocenters. The predicted octanol–water partition coefficient (Wildman–Crippen LogP) is 5.42. The summed E-state index contributed by atoms with van der Waals surface area (Å²) in [6, 6.07) is 12.7. The van der Waals surface area contributed by atoms with Gasteiger partial charge in [0, 0.05) is 22.0 Å². The summed E-state index contributed by atoms with van der Waals surface area (Å²) in [5.74, 6) is -0.655. The third-order valence-corrected chi connectivity index (χ3v) is 5.81. The molecule has 4 rings (SSSR count). The molecule has 0 amide bonds. The van der Waals surface area contributed by atoms with Crippen LogP contribution in [0.2, 0.25) is 5.02 Å². The summed E-state index contributed by atoms with van der Waals surface area (Å²) in [4.78, 5) is 24.9. The van der Waals surface area contributed by atoms with E-state index in [4.69, 9.17) is 20.8 Å². The van der Waals surface area contributed by atoms with Gasteiger partial charge in [-0.25, -0.2) is 4.79 Å². The molecule has 1 aromatic heterocycles. The topological polar surface area (TPSA) is 56.5 Å². The van der Waals surface area contributed by atoms with E-state index in [0.29, 0.717) is 16.2 Å². The van der Waals surface area contributed by atoms with Gasteiger partial charge in [-0.1, -0.05) is 37.6 Å². The third-order valence-electron chi connectivity index (χ3n) is 5.56. The van der Waals surface area contributed by atoms with E-state index in [-0.39, 0.29) is 18.5 Å². The minimum absolute atomic E-state index is 0.0382. The van der Waals surface area contributed by atoms with Crippen molar-refractivity contribution in [2.45, 2.75) is 45.6 Å². The molecule has 0 saturated heterocycles. The van der Waals surface area contributed by atoms with Crippen molar-refractivity contribution in [3.8, 4) is 0 Å². The highest BCUT2D eigenvalue weighted by Crippen LogP contribution is 2.30. The summed E-state index contributed by atoms with van der Waals surface area (Å²) < 4.78 is 11.1. The summed E-state index contributed by atoms with van der Waals surface area (Å²) in [6.45, 7) is 4.00. The number of halogens is 1. The van der Waals surface area contributed by atoms with Crippen molar-refractivity contribution >= 4 is 28.5 Å².